The van der Waals surface area contributed by atoms with E-state index in [1.807, 2.05) is 0 Å². The molecule has 0 atom stereocenters. The highest BCUT2D eigenvalue weighted by Gasteiger charge is 2.29. The number of para-hydroxylation sites is 2. The summed E-state index contributed by atoms with van der Waals surface area (Å²) in [7, 11) is 18.7. The first-order chi connectivity index (χ1) is 30.1. The highest BCUT2D eigenvalue weighted by Crippen LogP contribution is 2.41. The summed E-state index contributed by atoms with van der Waals surface area (Å²) in [5.74, 6) is 0. The maximum Gasteiger partial charge on any atom is 0.143 e. The molecule has 0 saturated carbocycles. The van der Waals surface area contributed by atoms with Gasteiger partial charge in [-0.3, -0.25) is 0 Å². The molecule has 284 valence electrons. The lowest BCUT2D eigenvalue weighted by molar-refractivity contribution is 0.670. The van der Waals surface area contributed by atoms with Crippen LogP contribution in [0.4, 0.5) is 17.1 Å². The van der Waals surface area contributed by atoms with Crippen LogP contribution in [-0.4, -0.2) is 62.8 Å². The average molecular weight is 782 g/mol. The van der Waals surface area contributed by atoms with Crippen molar-refractivity contribution in [2.45, 2.75) is 0 Å². The molecule has 0 aliphatic heterocycles. The van der Waals surface area contributed by atoms with Crippen molar-refractivity contribution in [3.05, 3.63) is 152 Å². The minimum atomic E-state index is 0.918. The highest BCUT2D eigenvalue weighted by atomic mass is 16.3. The van der Waals surface area contributed by atoms with Gasteiger partial charge in [0.05, 0.1) is 5.69 Å². The van der Waals surface area contributed by atoms with Gasteiger partial charge in [0.2, 0.25) is 0 Å². The van der Waals surface area contributed by atoms with E-state index in [-0.39, 0.29) is 0 Å². The van der Waals surface area contributed by atoms with Crippen molar-refractivity contribution in [1.82, 2.24) is 0 Å². The Morgan fingerprint density at radius 3 is 1.32 bits per heavy atom. The molecule has 0 spiro atoms. The normalized spacial score (nSPS) is 11.7. The Balaban J connectivity index is 1.23. The number of nitrogens with zero attached hydrogens (tertiary/aromatic N) is 1. The Labute approximate surface area is 370 Å². The first-order valence-corrected chi connectivity index (χ1v) is 21.9. The summed E-state index contributed by atoms with van der Waals surface area (Å²) in [5.41, 5.74) is 20.7. The van der Waals surface area contributed by atoms with Gasteiger partial charge in [0, 0.05) is 33.1 Å². The zero-order valence-electron chi connectivity index (χ0n) is 36.8. The van der Waals surface area contributed by atoms with E-state index in [1.165, 1.54) is 121 Å². The van der Waals surface area contributed by atoms with Crippen molar-refractivity contribution < 1.29 is 4.42 Å². The van der Waals surface area contributed by atoms with Crippen molar-refractivity contribution in [2.24, 2.45) is 0 Å². The topological polar surface area (TPSA) is 16.4 Å². The third kappa shape index (κ3) is 5.55. The van der Waals surface area contributed by atoms with Gasteiger partial charge in [-0.25, -0.2) is 0 Å². The quantitative estimate of drug-likeness (QED) is 0.192. The molecule has 1 aromatic heterocycles. The molecule has 2 nitrogen and oxygen atoms in total. The molecule has 11 aromatic rings. The maximum absolute atomic E-state index is 6.68. The first kappa shape index (κ1) is 38.3. The number of benzene rings is 10. The van der Waals surface area contributed by atoms with Crippen molar-refractivity contribution >= 4 is 189 Å². The molecule has 10 aromatic carbocycles. The molecule has 10 heteroatoms. The number of hydrogen-bond donors (Lipinski definition) is 0. The summed E-state index contributed by atoms with van der Waals surface area (Å²) >= 11 is 0. The van der Waals surface area contributed by atoms with Crippen LogP contribution in [0.15, 0.2) is 156 Å². The van der Waals surface area contributed by atoms with Crippen molar-refractivity contribution in [2.75, 3.05) is 4.90 Å². The summed E-state index contributed by atoms with van der Waals surface area (Å²) in [6.07, 6.45) is 0. The van der Waals surface area contributed by atoms with Gasteiger partial charge in [0.15, 0.2) is 0 Å². The molecule has 0 aliphatic carbocycles. The van der Waals surface area contributed by atoms with E-state index < -0.39 is 0 Å². The molecule has 0 N–H and O–H groups in total. The monoisotopic (exact) mass is 783 g/mol. The van der Waals surface area contributed by atoms with Gasteiger partial charge < -0.3 is 9.32 Å². The van der Waals surface area contributed by atoms with Crippen LogP contribution in [0, 0.1) is 0 Å². The Morgan fingerprint density at radius 1 is 0.323 bits per heavy atom. The molecular formula is C52H41B8NO. The van der Waals surface area contributed by atoms with E-state index in [9.17, 15) is 0 Å². The minimum Gasteiger partial charge on any atom is -0.455 e. The van der Waals surface area contributed by atoms with Crippen LogP contribution in [0.3, 0.4) is 0 Å². The summed E-state index contributed by atoms with van der Waals surface area (Å²) < 4.78 is 6.68. The van der Waals surface area contributed by atoms with E-state index in [1.54, 1.807) is 0 Å². The average Bonchev–Trinajstić information content (AvgIpc) is 3.69. The van der Waals surface area contributed by atoms with Crippen LogP contribution in [0.2, 0.25) is 0 Å². The second-order valence-corrected chi connectivity index (χ2v) is 17.4. The Bertz CT molecular complexity index is 3650. The van der Waals surface area contributed by atoms with E-state index in [0.717, 1.165) is 27.5 Å². The van der Waals surface area contributed by atoms with Gasteiger partial charge in [0.1, 0.15) is 73.9 Å². The lowest BCUT2D eigenvalue weighted by Gasteiger charge is -2.37. The van der Waals surface area contributed by atoms with Gasteiger partial charge >= 0.3 is 0 Å². The van der Waals surface area contributed by atoms with Gasteiger partial charge in [-0.1, -0.05) is 177 Å². The highest BCUT2D eigenvalue weighted by molar-refractivity contribution is 6.66. The smallest absolute Gasteiger partial charge is 0.143 e. The summed E-state index contributed by atoms with van der Waals surface area (Å²) in [4.78, 5) is 2.64. The van der Waals surface area contributed by atoms with Crippen LogP contribution >= 0.6 is 0 Å². The lowest BCUT2D eigenvalue weighted by Crippen LogP contribution is -2.50. The third-order valence-electron chi connectivity index (χ3n) is 14.3. The zero-order valence-corrected chi connectivity index (χ0v) is 36.8. The second kappa shape index (κ2) is 14.5. The minimum absolute atomic E-state index is 0.918. The fourth-order valence-electron chi connectivity index (χ4n) is 10.8. The molecule has 0 amide bonds. The van der Waals surface area contributed by atoms with Gasteiger partial charge in [-0.2, -0.15) is 0 Å². The van der Waals surface area contributed by atoms with Gasteiger partial charge in [-0.05, 0) is 72.6 Å². The van der Waals surface area contributed by atoms with Crippen LogP contribution in [0.1, 0.15) is 0 Å². The molecular weight excluding hydrogens is 741 g/mol. The van der Waals surface area contributed by atoms with E-state index in [0.29, 0.717) is 0 Å². The molecule has 0 saturated heterocycles. The zero-order chi connectivity index (χ0) is 42.6. The van der Waals surface area contributed by atoms with Crippen LogP contribution in [-0.2, 0) is 0 Å². The van der Waals surface area contributed by atoms with E-state index >= 15 is 0 Å². The van der Waals surface area contributed by atoms with E-state index in [4.69, 9.17) is 4.42 Å². The number of fused-ring (bicyclic) bond motifs is 9. The molecule has 0 bridgehead atoms. The molecule has 11 rings (SSSR count). The second-order valence-electron chi connectivity index (χ2n) is 17.4. The SMILES string of the molecule is Bc1c(B)c(N(c2c(B)c(B)c(-c3cccc4c3oc3ccccc34)c(B)c2B)c2cc3ccccc3c3ccccc23)c(B)c(B)c1-c1cc2ccccc2c2ccccc12. The fourth-order valence-corrected chi connectivity index (χ4v) is 10.8. The van der Waals surface area contributed by atoms with Crippen LogP contribution in [0.25, 0.3) is 87.3 Å². The summed E-state index contributed by atoms with van der Waals surface area (Å²) in [6.45, 7) is 0. The molecule has 0 fully saturated rings. The summed E-state index contributed by atoms with van der Waals surface area (Å²) in [5, 5.41) is 12.4. The van der Waals surface area contributed by atoms with Crippen molar-refractivity contribution in [3.8, 4) is 22.3 Å². The first-order valence-electron chi connectivity index (χ1n) is 21.9. The molecule has 0 unspecified atom stereocenters. The Kier molecular flexibility index (Phi) is 8.95. The van der Waals surface area contributed by atoms with Crippen LogP contribution < -0.4 is 48.6 Å². The molecule has 0 radical (unpaired) electrons. The maximum atomic E-state index is 6.68. The third-order valence-corrected chi connectivity index (χ3v) is 14.3. The standard InChI is InChI=1S/C52H41B8NO/c53-42-40(36-22-11-21-35-34-20-9-10-23-39(34)62-52(35)36)43(54)47(58)50(46(42)57)61(38-25-27-13-2-4-15-29(27)31-17-7-8-19-33(31)38)51-48(59)44(55)41(45(56)49(51)60)37-24-26-12-1-3-14-28(26)30-16-5-6-18-32(30)37/h1-25H,53-60H2. The largest absolute Gasteiger partial charge is 0.455 e. The fraction of sp³-hybridized carbons (Fsp3) is 0. The molecule has 0 aliphatic rings. The number of rotatable bonds is 5. The number of hydrogen-bond acceptors (Lipinski definition) is 2. The number of furan rings is 1. The van der Waals surface area contributed by atoms with Gasteiger partial charge in [-0.15, -0.1) is 0 Å². The summed E-state index contributed by atoms with van der Waals surface area (Å²) in [6, 6.07) is 55.4. The van der Waals surface area contributed by atoms with Crippen molar-refractivity contribution in [1.29, 1.82) is 0 Å². The van der Waals surface area contributed by atoms with Crippen LogP contribution in [0.5, 0.6) is 0 Å². The predicted octanol–water partition coefficient (Wildman–Crippen LogP) is 1.07. The lowest BCUT2D eigenvalue weighted by atomic mass is 9.62. The Morgan fingerprint density at radius 2 is 0.742 bits per heavy atom. The molecule has 62 heavy (non-hydrogen) atoms. The molecule has 1 heterocycles. The van der Waals surface area contributed by atoms with E-state index in [2.05, 4.69) is 219 Å². The Hall–Kier alpha value is -6.64. The van der Waals surface area contributed by atoms with Crippen molar-refractivity contribution in [3.63, 3.8) is 0 Å². The number of anilines is 3. The van der Waals surface area contributed by atoms with Gasteiger partial charge in [0.25, 0.3) is 0 Å². The predicted molar refractivity (Wildman–Crippen MR) is 295 cm³/mol.